The lowest BCUT2D eigenvalue weighted by Gasteiger charge is -2.35. The van der Waals surface area contributed by atoms with E-state index in [1.165, 1.54) is 0 Å². The summed E-state index contributed by atoms with van der Waals surface area (Å²) in [6.07, 6.45) is 4.92. The number of carbonyl (C=O) groups is 1. The number of hydrogen-bond acceptors (Lipinski definition) is 3. The second-order valence-electron chi connectivity index (χ2n) is 6.11. The summed E-state index contributed by atoms with van der Waals surface area (Å²) in [5.74, 6) is 1.58. The van der Waals surface area contributed by atoms with Gasteiger partial charge in [-0.05, 0) is 32.0 Å². The van der Waals surface area contributed by atoms with Gasteiger partial charge in [0.2, 0.25) is 0 Å². The Morgan fingerprint density at radius 2 is 2.28 bits per heavy atom. The molecule has 1 heterocycles. The van der Waals surface area contributed by atoms with Gasteiger partial charge in [0, 0.05) is 17.9 Å². The van der Waals surface area contributed by atoms with Crippen LogP contribution in [0.25, 0.3) is 0 Å². The number of nitrogens with zero attached hydrogens (tertiary/aromatic N) is 1. The molecule has 0 aromatic carbocycles. The van der Waals surface area contributed by atoms with Gasteiger partial charge in [0.1, 0.15) is 11.5 Å². The van der Waals surface area contributed by atoms with Crippen molar-refractivity contribution in [3.63, 3.8) is 0 Å². The molecule has 0 bridgehead atoms. The minimum absolute atomic E-state index is 0.131. The van der Waals surface area contributed by atoms with Crippen molar-refractivity contribution >= 4 is 5.78 Å². The molecule has 1 fully saturated rings. The highest BCUT2D eigenvalue weighted by Crippen LogP contribution is 2.35. The molecular formula is C15H23NO2. The maximum atomic E-state index is 12.3. The third-order valence-electron chi connectivity index (χ3n) is 3.93. The molecule has 1 aliphatic rings. The van der Waals surface area contributed by atoms with E-state index in [2.05, 4.69) is 25.8 Å². The van der Waals surface area contributed by atoms with E-state index < -0.39 is 0 Å². The normalized spacial score (nSPS) is 23.6. The van der Waals surface area contributed by atoms with Crippen LogP contribution in [0.1, 0.15) is 38.9 Å². The molecule has 0 amide bonds. The van der Waals surface area contributed by atoms with Gasteiger partial charge in [0.05, 0.1) is 12.8 Å². The molecule has 0 radical (unpaired) electrons. The van der Waals surface area contributed by atoms with E-state index in [0.717, 1.165) is 38.1 Å². The van der Waals surface area contributed by atoms with E-state index in [1.807, 2.05) is 12.1 Å². The molecule has 1 aromatic rings. The molecule has 1 aliphatic carbocycles. The van der Waals surface area contributed by atoms with Gasteiger partial charge in [0.25, 0.3) is 0 Å². The molecule has 3 nitrogen and oxygen atoms in total. The molecule has 1 aromatic heterocycles. The van der Waals surface area contributed by atoms with Gasteiger partial charge in [-0.25, -0.2) is 0 Å². The Morgan fingerprint density at radius 3 is 2.94 bits per heavy atom. The quantitative estimate of drug-likeness (QED) is 0.822. The van der Waals surface area contributed by atoms with E-state index in [0.29, 0.717) is 5.78 Å². The van der Waals surface area contributed by atoms with E-state index in [4.69, 9.17) is 4.42 Å². The number of ketones is 1. The Balaban J connectivity index is 1.90. The van der Waals surface area contributed by atoms with Crippen LogP contribution < -0.4 is 0 Å². The average Bonchev–Trinajstić information content (AvgIpc) is 2.77. The van der Waals surface area contributed by atoms with Crippen LogP contribution in [0.15, 0.2) is 22.8 Å². The van der Waals surface area contributed by atoms with E-state index in [9.17, 15) is 4.79 Å². The van der Waals surface area contributed by atoms with Crippen molar-refractivity contribution in [3.8, 4) is 0 Å². The summed E-state index contributed by atoms with van der Waals surface area (Å²) in [6.45, 7) is 5.77. The van der Waals surface area contributed by atoms with Crippen molar-refractivity contribution < 1.29 is 9.21 Å². The maximum Gasteiger partial charge on any atom is 0.142 e. The minimum atomic E-state index is -0.131. The second-order valence-corrected chi connectivity index (χ2v) is 6.11. The zero-order valence-corrected chi connectivity index (χ0v) is 11.6. The first-order chi connectivity index (χ1) is 8.49. The van der Waals surface area contributed by atoms with Crippen molar-refractivity contribution in [1.29, 1.82) is 0 Å². The van der Waals surface area contributed by atoms with Crippen LogP contribution in [0.2, 0.25) is 0 Å². The third-order valence-corrected chi connectivity index (χ3v) is 3.93. The molecule has 18 heavy (non-hydrogen) atoms. The highest BCUT2D eigenvalue weighted by Gasteiger charge is 2.37. The Bertz CT molecular complexity index is 395. The Kier molecular flexibility index (Phi) is 3.91. The fourth-order valence-corrected chi connectivity index (χ4v) is 2.88. The van der Waals surface area contributed by atoms with Gasteiger partial charge in [-0.2, -0.15) is 0 Å². The molecule has 0 spiro atoms. The maximum absolute atomic E-state index is 12.3. The van der Waals surface area contributed by atoms with Gasteiger partial charge in [-0.3, -0.25) is 9.69 Å². The summed E-state index contributed by atoms with van der Waals surface area (Å²) < 4.78 is 5.33. The van der Waals surface area contributed by atoms with Crippen LogP contribution in [-0.4, -0.2) is 24.3 Å². The fourth-order valence-electron chi connectivity index (χ4n) is 2.88. The predicted molar refractivity (Wildman–Crippen MR) is 71.2 cm³/mol. The Hall–Kier alpha value is -1.09. The molecule has 1 unspecified atom stereocenters. The number of rotatable bonds is 4. The van der Waals surface area contributed by atoms with Gasteiger partial charge >= 0.3 is 0 Å². The largest absolute Gasteiger partial charge is 0.468 e. The molecule has 100 valence electrons. The zero-order chi connectivity index (χ0) is 13.2. The molecule has 1 saturated carbocycles. The Labute approximate surface area is 109 Å². The SMILES string of the molecule is CN(Cc1ccco1)CC1CCCC(C)(C)C1=O. The van der Waals surface area contributed by atoms with Crippen LogP contribution in [-0.2, 0) is 11.3 Å². The predicted octanol–water partition coefficient (Wildman–Crippen LogP) is 3.11. The van der Waals surface area contributed by atoms with Crippen LogP contribution in [0.4, 0.5) is 0 Å². The summed E-state index contributed by atoms with van der Waals surface area (Å²) in [6, 6.07) is 3.88. The van der Waals surface area contributed by atoms with Crippen LogP contribution in [0, 0.1) is 11.3 Å². The molecule has 0 saturated heterocycles. The van der Waals surface area contributed by atoms with Crippen LogP contribution in [0.3, 0.4) is 0 Å². The highest BCUT2D eigenvalue weighted by molar-refractivity contribution is 5.87. The van der Waals surface area contributed by atoms with Gasteiger partial charge < -0.3 is 4.42 Å². The minimum Gasteiger partial charge on any atom is -0.468 e. The average molecular weight is 249 g/mol. The lowest BCUT2D eigenvalue weighted by atomic mass is 9.71. The highest BCUT2D eigenvalue weighted by atomic mass is 16.3. The van der Waals surface area contributed by atoms with Crippen LogP contribution in [0.5, 0.6) is 0 Å². The lowest BCUT2D eigenvalue weighted by molar-refractivity contribution is -0.134. The van der Waals surface area contributed by atoms with E-state index in [1.54, 1.807) is 6.26 Å². The lowest BCUT2D eigenvalue weighted by Crippen LogP contribution is -2.40. The standard InChI is InChI=1S/C15H23NO2/c1-15(2)8-4-6-12(14(15)17)10-16(3)11-13-7-5-9-18-13/h5,7,9,12H,4,6,8,10-11H2,1-3H3. The number of hydrogen-bond donors (Lipinski definition) is 0. The van der Waals surface area contributed by atoms with Crippen molar-refractivity contribution in [2.45, 2.75) is 39.7 Å². The van der Waals surface area contributed by atoms with E-state index >= 15 is 0 Å². The van der Waals surface area contributed by atoms with Gasteiger partial charge in [-0.15, -0.1) is 0 Å². The second kappa shape index (κ2) is 5.27. The van der Waals surface area contributed by atoms with E-state index in [-0.39, 0.29) is 11.3 Å². The molecule has 2 rings (SSSR count). The van der Waals surface area contributed by atoms with Crippen molar-refractivity contribution in [2.24, 2.45) is 11.3 Å². The van der Waals surface area contributed by atoms with Gasteiger partial charge in [-0.1, -0.05) is 20.3 Å². The first kappa shape index (κ1) is 13.3. The smallest absolute Gasteiger partial charge is 0.142 e. The Morgan fingerprint density at radius 1 is 1.50 bits per heavy atom. The summed E-state index contributed by atoms with van der Waals surface area (Å²) in [5, 5.41) is 0. The first-order valence-electron chi connectivity index (χ1n) is 6.74. The number of Topliss-reactive ketones (excluding diaryl/α,β-unsaturated/α-hetero) is 1. The molecule has 1 atom stereocenters. The fraction of sp³-hybridized carbons (Fsp3) is 0.667. The topological polar surface area (TPSA) is 33.5 Å². The molecule has 0 aliphatic heterocycles. The summed E-state index contributed by atoms with van der Waals surface area (Å²) >= 11 is 0. The summed E-state index contributed by atoms with van der Waals surface area (Å²) in [7, 11) is 2.05. The van der Waals surface area contributed by atoms with Crippen molar-refractivity contribution in [2.75, 3.05) is 13.6 Å². The zero-order valence-electron chi connectivity index (χ0n) is 11.6. The molecule has 0 N–H and O–H groups in total. The summed E-state index contributed by atoms with van der Waals surface area (Å²) in [5.41, 5.74) is -0.131. The molecular weight excluding hydrogens is 226 g/mol. The monoisotopic (exact) mass is 249 g/mol. The third kappa shape index (κ3) is 3.02. The van der Waals surface area contributed by atoms with Crippen molar-refractivity contribution in [3.05, 3.63) is 24.2 Å². The summed E-state index contributed by atoms with van der Waals surface area (Å²) in [4.78, 5) is 14.5. The number of carbonyl (C=O) groups excluding carboxylic acids is 1. The van der Waals surface area contributed by atoms with Crippen molar-refractivity contribution in [1.82, 2.24) is 4.90 Å². The molecule has 3 heteroatoms. The number of furan rings is 1. The van der Waals surface area contributed by atoms with Gasteiger partial charge in [0.15, 0.2) is 0 Å². The first-order valence-corrected chi connectivity index (χ1v) is 6.74. The van der Waals surface area contributed by atoms with Crippen LogP contribution >= 0.6 is 0 Å².